The van der Waals surface area contributed by atoms with E-state index < -0.39 is 17.6 Å². The van der Waals surface area contributed by atoms with Gasteiger partial charge < -0.3 is 14.2 Å². The van der Waals surface area contributed by atoms with Crippen LogP contribution in [0.4, 0.5) is 0 Å². The van der Waals surface area contributed by atoms with Gasteiger partial charge in [0.2, 0.25) is 0 Å². The van der Waals surface area contributed by atoms with Crippen LogP contribution in [0.25, 0.3) is 0 Å². The summed E-state index contributed by atoms with van der Waals surface area (Å²) in [5, 5.41) is 0. The Balaban J connectivity index is 2.04. The summed E-state index contributed by atoms with van der Waals surface area (Å²) in [6.45, 7) is 10.8. The molecule has 3 aliphatic rings. The fourth-order valence-electron chi connectivity index (χ4n) is 5.22. The number of hydrogen-bond donors (Lipinski definition) is 0. The Morgan fingerprint density at radius 2 is 1.93 bits per heavy atom. The second kappa shape index (κ2) is 7.37. The first kappa shape index (κ1) is 20.6. The van der Waals surface area contributed by atoms with Crippen LogP contribution in [0.3, 0.4) is 0 Å². The maximum absolute atomic E-state index is 12.5. The van der Waals surface area contributed by atoms with Crippen molar-refractivity contribution in [1.29, 1.82) is 0 Å². The van der Waals surface area contributed by atoms with Gasteiger partial charge in [0.25, 0.3) is 0 Å². The summed E-state index contributed by atoms with van der Waals surface area (Å²) in [6, 6.07) is 0. The van der Waals surface area contributed by atoms with Gasteiger partial charge in [0.15, 0.2) is 0 Å². The van der Waals surface area contributed by atoms with Crippen LogP contribution in [0, 0.1) is 23.2 Å². The maximum Gasteiger partial charge on any atom is 0.333 e. The van der Waals surface area contributed by atoms with Gasteiger partial charge in [-0.15, -0.1) is 0 Å². The molecule has 0 aromatic heterocycles. The molecule has 7 atom stereocenters. The van der Waals surface area contributed by atoms with Gasteiger partial charge in [-0.3, -0.25) is 9.59 Å². The van der Waals surface area contributed by atoms with E-state index in [-0.39, 0.29) is 41.8 Å². The second-order valence-electron chi connectivity index (χ2n) is 8.58. The average Bonchev–Trinajstić information content (AvgIpc) is 2.90. The number of carbonyl (C=O) groups is 3. The van der Waals surface area contributed by atoms with Gasteiger partial charge in [-0.1, -0.05) is 31.6 Å². The molecule has 0 bridgehead atoms. The molecular weight excluding hydrogens is 360 g/mol. The molecule has 6 nitrogen and oxygen atoms in total. The molecule has 7 unspecified atom stereocenters. The van der Waals surface area contributed by atoms with E-state index in [0.29, 0.717) is 18.4 Å². The predicted octanol–water partition coefficient (Wildman–Crippen LogP) is 3.35. The van der Waals surface area contributed by atoms with Gasteiger partial charge in [0, 0.05) is 30.8 Å². The molecule has 28 heavy (non-hydrogen) atoms. The normalized spacial score (nSPS) is 40.0. The molecule has 2 fully saturated rings. The molecule has 1 heterocycles. The van der Waals surface area contributed by atoms with Crippen LogP contribution in [0.1, 0.15) is 54.4 Å². The first-order valence-electron chi connectivity index (χ1n) is 9.99. The zero-order chi connectivity index (χ0) is 20.8. The summed E-state index contributed by atoms with van der Waals surface area (Å²) in [4.78, 5) is 36.7. The molecule has 1 aliphatic heterocycles. The van der Waals surface area contributed by atoms with E-state index in [1.165, 1.54) is 6.92 Å². The van der Waals surface area contributed by atoms with Gasteiger partial charge in [-0.2, -0.15) is 0 Å². The summed E-state index contributed by atoms with van der Waals surface area (Å²) in [7, 11) is 0. The van der Waals surface area contributed by atoms with E-state index in [9.17, 15) is 14.4 Å². The van der Waals surface area contributed by atoms with Crippen molar-refractivity contribution in [1.82, 2.24) is 0 Å². The molecule has 6 heteroatoms. The number of rotatable bonds is 3. The van der Waals surface area contributed by atoms with E-state index in [4.69, 9.17) is 14.2 Å². The van der Waals surface area contributed by atoms with Crippen LogP contribution in [-0.4, -0.2) is 36.2 Å². The van der Waals surface area contributed by atoms with Crippen molar-refractivity contribution >= 4 is 17.9 Å². The number of ether oxygens (including phenoxy) is 3. The zero-order valence-electron chi connectivity index (χ0n) is 17.5. The van der Waals surface area contributed by atoms with Crippen molar-refractivity contribution in [3.63, 3.8) is 0 Å². The smallest absolute Gasteiger partial charge is 0.333 e. The Hall–Kier alpha value is -2.11. The van der Waals surface area contributed by atoms with Crippen molar-refractivity contribution in [3.8, 4) is 0 Å². The average molecular weight is 390 g/mol. The van der Waals surface area contributed by atoms with Gasteiger partial charge in [0.1, 0.15) is 18.3 Å². The highest BCUT2D eigenvalue weighted by Gasteiger charge is 2.64. The molecule has 0 N–H and O–H groups in total. The minimum Gasteiger partial charge on any atom is -0.462 e. The molecular formula is C22H30O6. The summed E-state index contributed by atoms with van der Waals surface area (Å²) in [5.74, 6) is -1.39. The zero-order valence-corrected chi connectivity index (χ0v) is 17.5. The Bertz CT molecular complexity index is 750. The molecule has 0 amide bonds. The van der Waals surface area contributed by atoms with E-state index >= 15 is 0 Å². The fourth-order valence-corrected chi connectivity index (χ4v) is 5.22. The highest BCUT2D eigenvalue weighted by Crippen LogP contribution is 2.58. The van der Waals surface area contributed by atoms with Gasteiger partial charge in [-0.05, 0) is 27.2 Å². The lowest BCUT2D eigenvalue weighted by molar-refractivity contribution is -0.201. The van der Waals surface area contributed by atoms with E-state index in [1.54, 1.807) is 19.9 Å². The molecule has 0 spiro atoms. The molecule has 154 valence electrons. The molecule has 1 saturated heterocycles. The lowest BCUT2D eigenvalue weighted by Gasteiger charge is -2.55. The largest absolute Gasteiger partial charge is 0.462 e. The fraction of sp³-hybridized carbons (Fsp3) is 0.682. The van der Waals surface area contributed by atoms with Crippen LogP contribution in [0.15, 0.2) is 23.3 Å². The van der Waals surface area contributed by atoms with E-state index in [2.05, 4.69) is 6.08 Å². The van der Waals surface area contributed by atoms with Gasteiger partial charge in [0.05, 0.1) is 11.3 Å². The SMILES string of the molecule is CC=C(C)C(=O)OC1CC=C(C)C2C3OC(=O)C(C)C3CC(OC(C)=O)C12C. The highest BCUT2D eigenvalue weighted by molar-refractivity contribution is 5.87. The molecule has 3 rings (SSSR count). The second-order valence-corrected chi connectivity index (χ2v) is 8.58. The lowest BCUT2D eigenvalue weighted by Crippen LogP contribution is -2.61. The summed E-state index contributed by atoms with van der Waals surface area (Å²) in [6.07, 6.45) is 3.62. The minimum absolute atomic E-state index is 0.0231. The predicted molar refractivity (Wildman–Crippen MR) is 102 cm³/mol. The first-order valence-corrected chi connectivity index (χ1v) is 9.99. The molecule has 2 aliphatic carbocycles. The number of fused-ring (bicyclic) bond motifs is 3. The molecule has 0 aromatic rings. The monoisotopic (exact) mass is 390 g/mol. The van der Waals surface area contributed by atoms with Gasteiger partial charge in [-0.25, -0.2) is 4.79 Å². The maximum atomic E-state index is 12.5. The first-order chi connectivity index (χ1) is 13.1. The number of carbonyl (C=O) groups excluding carboxylic acids is 3. The Kier molecular flexibility index (Phi) is 5.43. The lowest BCUT2D eigenvalue weighted by atomic mass is 9.53. The van der Waals surface area contributed by atoms with Crippen molar-refractivity contribution in [2.75, 3.05) is 0 Å². The molecule has 0 aromatic carbocycles. The van der Waals surface area contributed by atoms with Crippen molar-refractivity contribution in [3.05, 3.63) is 23.3 Å². The van der Waals surface area contributed by atoms with Crippen LogP contribution >= 0.6 is 0 Å². The summed E-state index contributed by atoms with van der Waals surface area (Å²) < 4.78 is 17.4. The van der Waals surface area contributed by atoms with Gasteiger partial charge >= 0.3 is 17.9 Å². The van der Waals surface area contributed by atoms with Crippen LogP contribution in [0.5, 0.6) is 0 Å². The highest BCUT2D eigenvalue weighted by atomic mass is 16.6. The van der Waals surface area contributed by atoms with Crippen molar-refractivity contribution in [2.45, 2.75) is 72.7 Å². The quantitative estimate of drug-likeness (QED) is 0.318. The third-order valence-corrected chi connectivity index (χ3v) is 7.02. The van der Waals surface area contributed by atoms with Crippen LogP contribution < -0.4 is 0 Å². The van der Waals surface area contributed by atoms with Crippen LogP contribution in [-0.2, 0) is 28.6 Å². The number of esters is 3. The molecule has 0 radical (unpaired) electrons. The summed E-state index contributed by atoms with van der Waals surface area (Å²) >= 11 is 0. The van der Waals surface area contributed by atoms with E-state index in [1.807, 2.05) is 20.8 Å². The third kappa shape index (κ3) is 3.16. The minimum atomic E-state index is -0.667. The van der Waals surface area contributed by atoms with E-state index in [0.717, 1.165) is 5.57 Å². The third-order valence-electron chi connectivity index (χ3n) is 7.02. The van der Waals surface area contributed by atoms with Crippen LogP contribution in [0.2, 0.25) is 0 Å². The van der Waals surface area contributed by atoms with Crippen molar-refractivity contribution < 1.29 is 28.6 Å². The Morgan fingerprint density at radius 1 is 1.25 bits per heavy atom. The number of hydrogen-bond acceptors (Lipinski definition) is 6. The molecule has 1 saturated carbocycles. The summed E-state index contributed by atoms with van der Waals surface area (Å²) in [5.41, 5.74) is 0.955. The number of allylic oxidation sites excluding steroid dienone is 1. The Morgan fingerprint density at radius 3 is 2.54 bits per heavy atom. The topological polar surface area (TPSA) is 78.9 Å². The standard InChI is InChI=1S/C22H30O6/c1-7-11(2)20(24)27-16-9-8-12(3)18-19-15(13(4)21(25)28-19)10-17(22(16,18)6)26-14(5)23/h7-8,13,15-19H,9-10H2,1-6H3. The van der Waals surface area contributed by atoms with Crippen molar-refractivity contribution in [2.24, 2.45) is 23.2 Å². The Labute approximate surface area is 166 Å².